The molecule has 0 heterocycles. The average molecular weight is 236 g/mol. The zero-order chi connectivity index (χ0) is 12.8. The molecule has 0 saturated carbocycles. The van der Waals surface area contributed by atoms with E-state index in [0.717, 1.165) is 18.7 Å². The molecule has 0 spiro atoms. The lowest BCUT2D eigenvalue weighted by atomic mass is 10.1. The van der Waals surface area contributed by atoms with Gasteiger partial charge in [0.15, 0.2) is 0 Å². The van der Waals surface area contributed by atoms with Crippen LogP contribution in [0.3, 0.4) is 0 Å². The zero-order valence-electron chi connectivity index (χ0n) is 10.5. The van der Waals surface area contributed by atoms with Gasteiger partial charge in [-0.3, -0.25) is 0 Å². The third-order valence-corrected chi connectivity index (χ3v) is 3.02. The normalized spacial score (nSPS) is 9.78. The SMILES string of the molecule is Cc1ccccc1CCNc1ccccc1C#N. The predicted octanol–water partition coefficient (Wildman–Crippen LogP) is 3.52. The van der Waals surface area contributed by atoms with Crippen molar-refractivity contribution in [2.24, 2.45) is 0 Å². The monoisotopic (exact) mass is 236 g/mol. The summed E-state index contributed by atoms with van der Waals surface area (Å²) in [5.41, 5.74) is 4.27. The van der Waals surface area contributed by atoms with E-state index in [-0.39, 0.29) is 0 Å². The van der Waals surface area contributed by atoms with Gasteiger partial charge in [0, 0.05) is 6.54 Å². The van der Waals surface area contributed by atoms with E-state index in [4.69, 9.17) is 5.26 Å². The van der Waals surface area contributed by atoms with Crippen LogP contribution in [0.4, 0.5) is 5.69 Å². The van der Waals surface area contributed by atoms with Crippen LogP contribution in [-0.2, 0) is 6.42 Å². The first-order valence-electron chi connectivity index (χ1n) is 6.09. The van der Waals surface area contributed by atoms with Crippen LogP contribution in [0.5, 0.6) is 0 Å². The molecule has 0 unspecified atom stereocenters. The van der Waals surface area contributed by atoms with E-state index in [2.05, 4.69) is 42.6 Å². The summed E-state index contributed by atoms with van der Waals surface area (Å²) in [6.45, 7) is 2.96. The van der Waals surface area contributed by atoms with Gasteiger partial charge in [0.2, 0.25) is 0 Å². The summed E-state index contributed by atoms with van der Waals surface area (Å²) in [6.07, 6.45) is 0.965. The number of nitrogens with zero attached hydrogens (tertiary/aromatic N) is 1. The first kappa shape index (κ1) is 12.2. The van der Waals surface area contributed by atoms with Crippen molar-refractivity contribution in [1.29, 1.82) is 5.26 Å². The highest BCUT2D eigenvalue weighted by Crippen LogP contribution is 2.14. The van der Waals surface area contributed by atoms with Crippen molar-refractivity contribution < 1.29 is 0 Å². The topological polar surface area (TPSA) is 35.8 Å². The Kier molecular flexibility index (Phi) is 3.98. The Morgan fingerprint density at radius 1 is 1.06 bits per heavy atom. The highest BCUT2D eigenvalue weighted by molar-refractivity contribution is 5.57. The van der Waals surface area contributed by atoms with E-state index in [1.807, 2.05) is 24.3 Å². The zero-order valence-corrected chi connectivity index (χ0v) is 10.5. The van der Waals surface area contributed by atoms with Crippen molar-refractivity contribution in [2.45, 2.75) is 13.3 Å². The van der Waals surface area contributed by atoms with E-state index in [1.54, 1.807) is 0 Å². The molecule has 0 saturated heterocycles. The summed E-state index contributed by atoms with van der Waals surface area (Å²) >= 11 is 0. The number of hydrogen-bond acceptors (Lipinski definition) is 2. The molecule has 18 heavy (non-hydrogen) atoms. The Balaban J connectivity index is 1.97. The second-order valence-electron chi connectivity index (χ2n) is 4.26. The van der Waals surface area contributed by atoms with Gasteiger partial charge in [-0.2, -0.15) is 5.26 Å². The Labute approximate surface area is 108 Å². The molecule has 1 N–H and O–H groups in total. The molecular weight excluding hydrogens is 220 g/mol. The number of aryl methyl sites for hydroxylation is 1. The predicted molar refractivity (Wildman–Crippen MR) is 74.5 cm³/mol. The van der Waals surface area contributed by atoms with Crippen LogP contribution in [0.25, 0.3) is 0 Å². The number of anilines is 1. The standard InChI is InChI=1S/C16H16N2/c1-13-6-2-3-7-14(13)10-11-18-16-9-5-4-8-15(16)12-17/h2-9,18H,10-11H2,1H3. The summed E-state index contributed by atoms with van der Waals surface area (Å²) in [6, 6.07) is 18.2. The summed E-state index contributed by atoms with van der Waals surface area (Å²) < 4.78 is 0. The molecule has 2 nitrogen and oxygen atoms in total. The molecule has 0 radical (unpaired) electrons. The molecular formula is C16H16N2. The van der Waals surface area contributed by atoms with Gasteiger partial charge in [-0.1, -0.05) is 36.4 Å². The fraction of sp³-hybridized carbons (Fsp3) is 0.188. The number of benzene rings is 2. The van der Waals surface area contributed by atoms with Gasteiger partial charge in [-0.15, -0.1) is 0 Å². The van der Waals surface area contributed by atoms with Crippen LogP contribution in [0, 0.1) is 18.3 Å². The van der Waals surface area contributed by atoms with Crippen molar-refractivity contribution in [3.8, 4) is 6.07 Å². The minimum atomic E-state index is 0.697. The maximum Gasteiger partial charge on any atom is 0.101 e. The van der Waals surface area contributed by atoms with Gasteiger partial charge in [0.1, 0.15) is 6.07 Å². The molecule has 2 rings (SSSR count). The second kappa shape index (κ2) is 5.88. The summed E-state index contributed by atoms with van der Waals surface area (Å²) in [5.74, 6) is 0. The maximum atomic E-state index is 8.99. The molecule has 2 heteroatoms. The largest absolute Gasteiger partial charge is 0.384 e. The van der Waals surface area contributed by atoms with Crippen LogP contribution < -0.4 is 5.32 Å². The van der Waals surface area contributed by atoms with Gasteiger partial charge in [-0.05, 0) is 36.6 Å². The Bertz CT molecular complexity index is 567. The summed E-state index contributed by atoms with van der Waals surface area (Å²) in [7, 11) is 0. The highest BCUT2D eigenvalue weighted by Gasteiger charge is 2.00. The van der Waals surface area contributed by atoms with E-state index in [1.165, 1.54) is 11.1 Å². The fourth-order valence-corrected chi connectivity index (χ4v) is 1.96. The lowest BCUT2D eigenvalue weighted by molar-refractivity contribution is 1.00. The molecule has 0 amide bonds. The van der Waals surface area contributed by atoms with Crippen molar-refractivity contribution in [3.05, 3.63) is 65.2 Å². The second-order valence-corrected chi connectivity index (χ2v) is 4.26. The molecule has 2 aromatic rings. The van der Waals surface area contributed by atoms with Gasteiger partial charge >= 0.3 is 0 Å². The van der Waals surface area contributed by atoms with E-state index < -0.39 is 0 Å². The van der Waals surface area contributed by atoms with Gasteiger partial charge < -0.3 is 5.32 Å². The molecule has 90 valence electrons. The van der Waals surface area contributed by atoms with Crippen LogP contribution >= 0.6 is 0 Å². The molecule has 0 bridgehead atoms. The molecule has 0 aliphatic rings. The third kappa shape index (κ3) is 2.89. The molecule has 0 atom stereocenters. The van der Waals surface area contributed by atoms with E-state index in [0.29, 0.717) is 5.56 Å². The molecule has 0 aliphatic heterocycles. The number of para-hydroxylation sites is 1. The Morgan fingerprint density at radius 2 is 1.78 bits per heavy atom. The Hall–Kier alpha value is -2.27. The van der Waals surface area contributed by atoms with E-state index in [9.17, 15) is 0 Å². The smallest absolute Gasteiger partial charge is 0.101 e. The lowest BCUT2D eigenvalue weighted by Crippen LogP contribution is -2.06. The van der Waals surface area contributed by atoms with Crippen molar-refractivity contribution >= 4 is 5.69 Å². The number of nitrogens with one attached hydrogen (secondary N) is 1. The summed E-state index contributed by atoms with van der Waals surface area (Å²) in [4.78, 5) is 0. The first-order valence-corrected chi connectivity index (χ1v) is 6.09. The van der Waals surface area contributed by atoms with Gasteiger partial charge in [0.05, 0.1) is 11.3 Å². The number of rotatable bonds is 4. The minimum absolute atomic E-state index is 0.697. The number of hydrogen-bond donors (Lipinski definition) is 1. The molecule has 0 aliphatic carbocycles. The van der Waals surface area contributed by atoms with Crippen molar-refractivity contribution in [1.82, 2.24) is 0 Å². The lowest BCUT2D eigenvalue weighted by Gasteiger charge is -2.09. The molecule has 0 aromatic heterocycles. The van der Waals surface area contributed by atoms with Gasteiger partial charge in [-0.25, -0.2) is 0 Å². The molecule has 0 fully saturated rings. The quantitative estimate of drug-likeness (QED) is 0.881. The van der Waals surface area contributed by atoms with E-state index >= 15 is 0 Å². The first-order chi connectivity index (χ1) is 8.81. The van der Waals surface area contributed by atoms with Crippen LogP contribution in [0.15, 0.2) is 48.5 Å². The molecule has 2 aromatic carbocycles. The average Bonchev–Trinajstić information content (AvgIpc) is 2.41. The maximum absolute atomic E-state index is 8.99. The third-order valence-electron chi connectivity index (χ3n) is 3.02. The number of nitriles is 1. The van der Waals surface area contributed by atoms with Crippen LogP contribution in [-0.4, -0.2) is 6.54 Å². The highest BCUT2D eigenvalue weighted by atomic mass is 14.9. The Morgan fingerprint density at radius 3 is 2.56 bits per heavy atom. The minimum Gasteiger partial charge on any atom is -0.384 e. The van der Waals surface area contributed by atoms with Crippen LogP contribution in [0.1, 0.15) is 16.7 Å². The fourth-order valence-electron chi connectivity index (χ4n) is 1.96. The summed E-state index contributed by atoms with van der Waals surface area (Å²) in [5, 5.41) is 12.3. The van der Waals surface area contributed by atoms with Crippen LogP contribution in [0.2, 0.25) is 0 Å². The van der Waals surface area contributed by atoms with Gasteiger partial charge in [0.25, 0.3) is 0 Å². The van der Waals surface area contributed by atoms with Crippen molar-refractivity contribution in [2.75, 3.05) is 11.9 Å². The van der Waals surface area contributed by atoms with Crippen molar-refractivity contribution in [3.63, 3.8) is 0 Å².